The molecule has 0 heteroatoms. The van der Waals surface area contributed by atoms with E-state index < -0.39 is 0 Å². The number of rotatable bonds is 15. The molecule has 0 aliphatic carbocycles. The van der Waals surface area contributed by atoms with Crippen LogP contribution >= 0.6 is 0 Å². The van der Waals surface area contributed by atoms with Gasteiger partial charge in [0, 0.05) is 12.8 Å². The Balaban J connectivity index is 3.45. The van der Waals surface area contributed by atoms with Crippen molar-refractivity contribution < 1.29 is 0 Å². The molecule has 0 amide bonds. The zero-order valence-corrected chi connectivity index (χ0v) is 15.3. The van der Waals surface area contributed by atoms with E-state index in [-0.39, 0.29) is 0 Å². The van der Waals surface area contributed by atoms with Crippen molar-refractivity contribution in [3.63, 3.8) is 0 Å². The second kappa shape index (κ2) is 18.6. The van der Waals surface area contributed by atoms with Crippen LogP contribution in [0.15, 0.2) is 0 Å². The fourth-order valence-corrected chi connectivity index (χ4v) is 2.89. The van der Waals surface area contributed by atoms with Crippen LogP contribution in [-0.2, 0) is 0 Å². The molecular formula is C22H40. The number of unbranched alkanes of at least 4 members (excludes halogenated alkanes) is 10. The molecule has 0 aliphatic heterocycles. The Morgan fingerprint density at radius 3 is 1.82 bits per heavy atom. The average molecular weight is 305 g/mol. The van der Waals surface area contributed by atoms with Crippen molar-refractivity contribution in [1.29, 1.82) is 0 Å². The highest BCUT2D eigenvalue weighted by Crippen LogP contribution is 2.19. The van der Waals surface area contributed by atoms with Gasteiger partial charge in [0.1, 0.15) is 0 Å². The molecule has 0 nitrogen and oxygen atoms in total. The SMILES string of the molecule is [CH2]CCCCCC#CCCC(CC)CCCCCCCC[CH2]. The molecule has 0 saturated heterocycles. The van der Waals surface area contributed by atoms with Crippen LogP contribution in [-0.4, -0.2) is 0 Å². The van der Waals surface area contributed by atoms with Gasteiger partial charge >= 0.3 is 0 Å². The highest BCUT2D eigenvalue weighted by atomic mass is 14.1. The summed E-state index contributed by atoms with van der Waals surface area (Å²) in [7, 11) is 0. The van der Waals surface area contributed by atoms with E-state index in [2.05, 4.69) is 32.6 Å². The van der Waals surface area contributed by atoms with Crippen molar-refractivity contribution in [2.24, 2.45) is 5.92 Å². The van der Waals surface area contributed by atoms with Crippen molar-refractivity contribution in [3.05, 3.63) is 13.8 Å². The molecule has 0 bridgehead atoms. The minimum absolute atomic E-state index is 0.903. The van der Waals surface area contributed by atoms with Gasteiger partial charge in [0.25, 0.3) is 0 Å². The first-order chi connectivity index (χ1) is 10.8. The van der Waals surface area contributed by atoms with Crippen molar-refractivity contribution >= 4 is 0 Å². The maximum absolute atomic E-state index is 3.90. The Labute approximate surface area is 141 Å². The second-order valence-electron chi connectivity index (χ2n) is 6.59. The minimum atomic E-state index is 0.903. The molecule has 0 fully saturated rings. The van der Waals surface area contributed by atoms with E-state index in [1.165, 1.54) is 77.0 Å². The van der Waals surface area contributed by atoms with Gasteiger partial charge in [-0.3, -0.25) is 0 Å². The van der Waals surface area contributed by atoms with E-state index >= 15 is 0 Å². The lowest BCUT2D eigenvalue weighted by Crippen LogP contribution is -1.98. The lowest BCUT2D eigenvalue weighted by molar-refractivity contribution is 0.416. The van der Waals surface area contributed by atoms with Gasteiger partial charge in [-0.25, -0.2) is 0 Å². The zero-order chi connectivity index (χ0) is 16.3. The quantitative estimate of drug-likeness (QED) is 0.216. The summed E-state index contributed by atoms with van der Waals surface area (Å²) in [5.41, 5.74) is 0. The Bertz CT molecular complexity index is 255. The van der Waals surface area contributed by atoms with E-state index in [1.54, 1.807) is 0 Å². The Hall–Kier alpha value is -0.440. The lowest BCUT2D eigenvalue weighted by atomic mass is 9.93. The van der Waals surface area contributed by atoms with Crippen LogP contribution in [0.25, 0.3) is 0 Å². The standard InChI is InChI=1S/C22H40/c1-4-7-9-11-13-15-17-19-21-22(6-3)20-18-16-14-12-10-8-5-2/h22H,1-2,4-14,16,18-21H2,3H3. The highest BCUT2D eigenvalue weighted by Gasteiger charge is 2.04. The predicted octanol–water partition coefficient (Wildman–Crippen LogP) is 7.54. The van der Waals surface area contributed by atoms with Crippen LogP contribution < -0.4 is 0 Å². The summed E-state index contributed by atoms with van der Waals surface area (Å²) in [5.74, 6) is 7.63. The number of hydrogen-bond donors (Lipinski definition) is 0. The molecule has 2 radical (unpaired) electrons. The van der Waals surface area contributed by atoms with Crippen LogP contribution in [0.5, 0.6) is 0 Å². The second-order valence-corrected chi connectivity index (χ2v) is 6.59. The summed E-state index contributed by atoms with van der Waals surface area (Å²) in [6.07, 6.45) is 20.6. The molecule has 0 heterocycles. The third kappa shape index (κ3) is 15.9. The summed E-state index contributed by atoms with van der Waals surface area (Å²) in [4.78, 5) is 0. The van der Waals surface area contributed by atoms with E-state index in [0.717, 1.165) is 31.6 Å². The fraction of sp³-hybridized carbons (Fsp3) is 0.818. The summed E-state index contributed by atoms with van der Waals surface area (Å²) in [6, 6.07) is 0. The first-order valence-electron chi connectivity index (χ1n) is 9.89. The van der Waals surface area contributed by atoms with Crippen LogP contribution in [0, 0.1) is 31.6 Å². The third-order valence-electron chi connectivity index (χ3n) is 4.54. The molecule has 22 heavy (non-hydrogen) atoms. The molecular weight excluding hydrogens is 264 g/mol. The molecule has 0 saturated carbocycles. The van der Waals surface area contributed by atoms with E-state index in [0.29, 0.717) is 0 Å². The molecule has 0 rings (SSSR count). The highest BCUT2D eigenvalue weighted by molar-refractivity contribution is 4.98. The third-order valence-corrected chi connectivity index (χ3v) is 4.54. The molecule has 0 N–H and O–H groups in total. The Morgan fingerprint density at radius 1 is 0.636 bits per heavy atom. The van der Waals surface area contributed by atoms with Crippen molar-refractivity contribution in [3.8, 4) is 11.8 Å². The van der Waals surface area contributed by atoms with Gasteiger partial charge in [-0.2, -0.15) is 0 Å². The van der Waals surface area contributed by atoms with E-state index in [1.807, 2.05) is 0 Å². The van der Waals surface area contributed by atoms with Gasteiger partial charge < -0.3 is 0 Å². The van der Waals surface area contributed by atoms with Crippen molar-refractivity contribution in [2.45, 2.75) is 110 Å². The van der Waals surface area contributed by atoms with Gasteiger partial charge in [0.05, 0.1) is 0 Å². The largest absolute Gasteiger partial charge is 0.103 e. The fourth-order valence-electron chi connectivity index (χ4n) is 2.89. The summed E-state index contributed by atoms with van der Waals surface area (Å²) in [6.45, 7) is 10.1. The first-order valence-corrected chi connectivity index (χ1v) is 9.89. The summed E-state index contributed by atoms with van der Waals surface area (Å²) >= 11 is 0. The van der Waals surface area contributed by atoms with Gasteiger partial charge in [-0.15, -0.1) is 11.8 Å². The molecule has 0 aliphatic rings. The van der Waals surface area contributed by atoms with Crippen LogP contribution in [0.3, 0.4) is 0 Å². The van der Waals surface area contributed by atoms with Crippen molar-refractivity contribution in [1.82, 2.24) is 0 Å². The molecule has 0 aromatic rings. The molecule has 1 atom stereocenters. The Morgan fingerprint density at radius 2 is 1.18 bits per heavy atom. The molecule has 0 spiro atoms. The predicted molar refractivity (Wildman–Crippen MR) is 102 cm³/mol. The van der Waals surface area contributed by atoms with E-state index in [4.69, 9.17) is 0 Å². The van der Waals surface area contributed by atoms with Crippen LogP contribution in [0.2, 0.25) is 0 Å². The maximum atomic E-state index is 3.90. The zero-order valence-electron chi connectivity index (χ0n) is 15.3. The van der Waals surface area contributed by atoms with E-state index in [9.17, 15) is 0 Å². The van der Waals surface area contributed by atoms with Crippen LogP contribution in [0.1, 0.15) is 110 Å². The number of hydrogen-bond acceptors (Lipinski definition) is 0. The van der Waals surface area contributed by atoms with Crippen molar-refractivity contribution in [2.75, 3.05) is 0 Å². The topological polar surface area (TPSA) is 0 Å². The minimum Gasteiger partial charge on any atom is -0.103 e. The summed E-state index contributed by atoms with van der Waals surface area (Å²) in [5, 5.41) is 0. The van der Waals surface area contributed by atoms with Crippen LogP contribution in [0.4, 0.5) is 0 Å². The van der Waals surface area contributed by atoms with Gasteiger partial charge in [0.15, 0.2) is 0 Å². The Kier molecular flexibility index (Phi) is 18.2. The van der Waals surface area contributed by atoms with Gasteiger partial charge in [-0.05, 0) is 18.8 Å². The maximum Gasteiger partial charge on any atom is 0.00913 e. The van der Waals surface area contributed by atoms with Gasteiger partial charge in [0.2, 0.25) is 0 Å². The smallest absolute Gasteiger partial charge is 0.00913 e. The normalized spacial score (nSPS) is 12.0. The molecule has 0 aromatic carbocycles. The molecule has 128 valence electrons. The molecule has 1 unspecified atom stereocenters. The summed E-state index contributed by atoms with van der Waals surface area (Å²) < 4.78 is 0. The molecule has 0 aromatic heterocycles. The van der Waals surface area contributed by atoms with Gasteiger partial charge in [-0.1, -0.05) is 97.8 Å². The average Bonchev–Trinajstić information content (AvgIpc) is 2.54. The first kappa shape index (κ1) is 21.6. The lowest BCUT2D eigenvalue weighted by Gasteiger charge is -2.12. The monoisotopic (exact) mass is 304 g/mol.